The van der Waals surface area contributed by atoms with Crippen LogP contribution >= 0.6 is 11.3 Å². The fourth-order valence-electron chi connectivity index (χ4n) is 2.18. The Kier molecular flexibility index (Phi) is 4.75. The van der Waals surface area contributed by atoms with Crippen LogP contribution in [0.4, 0.5) is 10.8 Å². The zero-order valence-electron chi connectivity index (χ0n) is 13.2. The van der Waals surface area contributed by atoms with Crippen LogP contribution in [0.25, 0.3) is 10.2 Å². The first-order chi connectivity index (χ1) is 12.1. The highest BCUT2D eigenvalue weighted by molar-refractivity contribution is 7.22. The van der Waals surface area contributed by atoms with Gasteiger partial charge in [-0.05, 0) is 25.1 Å². The van der Waals surface area contributed by atoms with Crippen LogP contribution in [0.5, 0.6) is 11.5 Å². The maximum Gasteiger partial charge on any atom is 0.315 e. The number of ether oxygens (including phenoxy) is 1. The van der Waals surface area contributed by atoms with Gasteiger partial charge in [0.25, 0.3) is 0 Å². The molecule has 2 N–H and O–H groups in total. The molecular weight excluding hydrogens is 344 g/mol. The Labute approximate surface area is 146 Å². The Morgan fingerprint density at radius 3 is 2.96 bits per heavy atom. The quantitative estimate of drug-likeness (QED) is 0.394. The molecule has 9 heteroatoms. The number of para-hydroxylation sites is 1. The summed E-state index contributed by atoms with van der Waals surface area (Å²) in [5.74, 6) is -0.457. The molecule has 3 aromatic rings. The maximum atomic E-state index is 11.0. The van der Waals surface area contributed by atoms with E-state index in [0.717, 1.165) is 10.2 Å². The first kappa shape index (κ1) is 16.7. The zero-order valence-corrected chi connectivity index (χ0v) is 14.0. The third-order valence-corrected chi connectivity index (χ3v) is 4.18. The highest BCUT2D eigenvalue weighted by Crippen LogP contribution is 2.36. The van der Waals surface area contributed by atoms with Gasteiger partial charge in [0.05, 0.1) is 28.0 Å². The largest absolute Gasteiger partial charge is 0.500 e. The number of thiazole rings is 1. The molecule has 0 atom stereocenters. The summed E-state index contributed by atoms with van der Waals surface area (Å²) in [6.45, 7) is 2.00. The summed E-state index contributed by atoms with van der Waals surface area (Å²) in [6, 6.07) is 10.4. The third kappa shape index (κ3) is 3.66. The highest BCUT2D eigenvalue weighted by atomic mass is 32.1. The number of benzene rings is 2. The average molecular weight is 358 g/mol. The summed E-state index contributed by atoms with van der Waals surface area (Å²) in [5, 5.41) is 25.6. The highest BCUT2D eigenvalue weighted by Gasteiger charge is 2.19. The fraction of sp³-hybridized carbons (Fsp3) is 0.125. The number of aromatic nitrogens is 1. The topological polar surface area (TPSA) is 110 Å². The number of rotatable bonds is 6. The van der Waals surface area contributed by atoms with Gasteiger partial charge in [0.1, 0.15) is 0 Å². The van der Waals surface area contributed by atoms with Crippen LogP contribution in [0.2, 0.25) is 0 Å². The standard InChI is InChI=1S/C16H14N4O4S/c1-2-24-13-8-10(7-12(15(13)21)20(22)23)9-17-19-16-18-11-5-3-4-6-14(11)25-16/h3-9,21H,2H2,1H3,(H,18,19)/b17-9-. The Morgan fingerprint density at radius 2 is 2.24 bits per heavy atom. The minimum absolute atomic E-state index is 0.0399. The van der Waals surface area contributed by atoms with E-state index in [1.54, 1.807) is 6.92 Å². The first-order valence-corrected chi connectivity index (χ1v) is 8.19. The maximum absolute atomic E-state index is 11.0. The molecule has 25 heavy (non-hydrogen) atoms. The summed E-state index contributed by atoms with van der Waals surface area (Å²) in [6.07, 6.45) is 1.40. The molecule has 0 saturated carbocycles. The number of anilines is 1. The Balaban J connectivity index is 1.83. The normalized spacial score (nSPS) is 11.1. The van der Waals surface area contributed by atoms with Gasteiger partial charge in [0.2, 0.25) is 10.9 Å². The van der Waals surface area contributed by atoms with Crippen molar-refractivity contribution in [2.45, 2.75) is 6.92 Å². The lowest BCUT2D eigenvalue weighted by molar-refractivity contribution is -0.386. The van der Waals surface area contributed by atoms with E-state index < -0.39 is 16.4 Å². The molecule has 2 aromatic carbocycles. The van der Waals surface area contributed by atoms with E-state index in [1.165, 1.54) is 29.7 Å². The molecule has 0 unspecified atom stereocenters. The molecule has 128 valence electrons. The van der Waals surface area contributed by atoms with E-state index in [2.05, 4.69) is 15.5 Å². The molecule has 0 aliphatic carbocycles. The van der Waals surface area contributed by atoms with Crippen molar-refractivity contribution in [1.29, 1.82) is 0 Å². The predicted molar refractivity (Wildman–Crippen MR) is 96.8 cm³/mol. The Bertz CT molecular complexity index is 921. The lowest BCUT2D eigenvalue weighted by atomic mass is 10.2. The number of phenols is 1. The Morgan fingerprint density at radius 1 is 1.44 bits per heavy atom. The first-order valence-electron chi connectivity index (χ1n) is 7.37. The van der Waals surface area contributed by atoms with Crippen molar-refractivity contribution in [3.63, 3.8) is 0 Å². The molecule has 1 heterocycles. The second-order valence-corrected chi connectivity index (χ2v) is 5.96. The fourth-order valence-corrected chi connectivity index (χ4v) is 2.99. The number of nitro benzene ring substituents is 1. The van der Waals surface area contributed by atoms with Crippen LogP contribution in [-0.2, 0) is 0 Å². The van der Waals surface area contributed by atoms with Gasteiger partial charge in [-0.25, -0.2) is 4.98 Å². The van der Waals surface area contributed by atoms with Crippen molar-refractivity contribution in [3.8, 4) is 11.5 Å². The monoisotopic (exact) mass is 358 g/mol. The summed E-state index contributed by atoms with van der Waals surface area (Å²) in [7, 11) is 0. The van der Waals surface area contributed by atoms with E-state index in [0.29, 0.717) is 10.7 Å². The number of phenolic OH excluding ortho intramolecular Hbond substituents is 1. The minimum atomic E-state index is -0.670. The Hall–Kier alpha value is -3.20. The van der Waals surface area contributed by atoms with Gasteiger partial charge in [-0.2, -0.15) is 5.10 Å². The summed E-state index contributed by atoms with van der Waals surface area (Å²) >= 11 is 1.45. The van der Waals surface area contributed by atoms with Crippen molar-refractivity contribution in [1.82, 2.24) is 4.98 Å². The van der Waals surface area contributed by atoms with Crippen molar-refractivity contribution < 1.29 is 14.8 Å². The number of hydrogen-bond acceptors (Lipinski definition) is 8. The predicted octanol–water partition coefficient (Wildman–Crippen LogP) is 3.75. The summed E-state index contributed by atoms with van der Waals surface area (Å²) in [5.41, 5.74) is 3.65. The van der Waals surface area contributed by atoms with Crippen molar-refractivity contribution in [2.24, 2.45) is 5.10 Å². The van der Waals surface area contributed by atoms with Gasteiger partial charge >= 0.3 is 5.69 Å². The van der Waals surface area contributed by atoms with E-state index in [1.807, 2.05) is 24.3 Å². The molecular formula is C16H14N4O4S. The van der Waals surface area contributed by atoms with Gasteiger partial charge in [0, 0.05) is 11.6 Å². The molecule has 0 aliphatic rings. The van der Waals surface area contributed by atoms with Gasteiger partial charge in [-0.1, -0.05) is 23.5 Å². The van der Waals surface area contributed by atoms with Crippen molar-refractivity contribution in [3.05, 3.63) is 52.1 Å². The molecule has 0 amide bonds. The van der Waals surface area contributed by atoms with Crippen LogP contribution in [0.15, 0.2) is 41.5 Å². The van der Waals surface area contributed by atoms with E-state index >= 15 is 0 Å². The van der Waals surface area contributed by atoms with E-state index in [9.17, 15) is 15.2 Å². The minimum Gasteiger partial charge on any atom is -0.500 e. The molecule has 0 saturated heterocycles. The summed E-state index contributed by atoms with van der Waals surface area (Å²) < 4.78 is 6.25. The number of nitro groups is 1. The van der Waals surface area contributed by atoms with Crippen molar-refractivity contribution in [2.75, 3.05) is 12.0 Å². The SMILES string of the molecule is CCOc1cc(/C=N\Nc2nc3ccccc3s2)cc([N+](=O)[O-])c1O. The van der Waals surface area contributed by atoms with Crippen LogP contribution < -0.4 is 10.2 Å². The number of nitrogens with one attached hydrogen (secondary N) is 1. The average Bonchev–Trinajstić information content (AvgIpc) is 3.00. The number of hydrazone groups is 1. The van der Waals surface area contributed by atoms with E-state index in [4.69, 9.17) is 4.74 Å². The van der Waals surface area contributed by atoms with E-state index in [-0.39, 0.29) is 12.4 Å². The molecule has 1 aromatic heterocycles. The zero-order chi connectivity index (χ0) is 17.8. The molecule has 8 nitrogen and oxygen atoms in total. The summed E-state index contributed by atoms with van der Waals surface area (Å²) in [4.78, 5) is 14.7. The lowest BCUT2D eigenvalue weighted by Gasteiger charge is -2.07. The molecule has 0 radical (unpaired) electrons. The number of aromatic hydroxyl groups is 1. The van der Waals surface area contributed by atoms with Crippen molar-refractivity contribution >= 4 is 38.6 Å². The van der Waals surface area contributed by atoms with Gasteiger partial charge in [-0.3, -0.25) is 15.5 Å². The van der Waals surface area contributed by atoms with Crippen LogP contribution in [-0.4, -0.2) is 27.8 Å². The van der Waals surface area contributed by atoms with Crippen LogP contribution in [0.1, 0.15) is 12.5 Å². The second-order valence-electron chi connectivity index (χ2n) is 4.93. The number of nitrogens with zero attached hydrogens (tertiary/aromatic N) is 3. The number of hydrogen-bond donors (Lipinski definition) is 2. The second kappa shape index (κ2) is 7.14. The molecule has 0 bridgehead atoms. The molecule has 3 rings (SSSR count). The molecule has 0 fully saturated rings. The third-order valence-electron chi connectivity index (χ3n) is 3.24. The van der Waals surface area contributed by atoms with Gasteiger partial charge in [0.15, 0.2) is 5.75 Å². The number of fused-ring (bicyclic) bond motifs is 1. The molecule has 0 spiro atoms. The lowest BCUT2D eigenvalue weighted by Crippen LogP contribution is -1.98. The van der Waals surface area contributed by atoms with Crippen LogP contribution in [0, 0.1) is 10.1 Å². The van der Waals surface area contributed by atoms with Crippen LogP contribution in [0.3, 0.4) is 0 Å². The molecule has 0 aliphatic heterocycles. The van der Waals surface area contributed by atoms with Gasteiger partial charge in [-0.15, -0.1) is 0 Å². The smallest absolute Gasteiger partial charge is 0.315 e. The van der Waals surface area contributed by atoms with Gasteiger partial charge < -0.3 is 9.84 Å².